The highest BCUT2D eigenvalue weighted by atomic mass is 79.9. The number of unbranched alkanes of at least 4 members (excludes halogenated alkanes) is 3. The molecule has 0 saturated carbocycles. The van der Waals surface area contributed by atoms with Gasteiger partial charge < -0.3 is 9.47 Å². The third-order valence-corrected chi connectivity index (χ3v) is 4.55. The van der Waals surface area contributed by atoms with E-state index in [-0.39, 0.29) is 11.9 Å². The lowest BCUT2D eigenvalue weighted by molar-refractivity contribution is -0.134. The van der Waals surface area contributed by atoms with E-state index in [1.807, 2.05) is 24.3 Å². The second kappa shape index (κ2) is 10.8. The summed E-state index contributed by atoms with van der Waals surface area (Å²) in [5, 5.41) is 1.01. The van der Waals surface area contributed by atoms with E-state index in [0.29, 0.717) is 17.7 Å². The monoisotopic (exact) mass is 418 g/mol. The lowest BCUT2D eigenvalue weighted by atomic mass is 10.0. The van der Waals surface area contributed by atoms with Crippen LogP contribution in [0.15, 0.2) is 48.5 Å². The van der Waals surface area contributed by atoms with E-state index in [1.165, 1.54) is 7.11 Å². The third kappa shape index (κ3) is 6.30. The molecule has 0 unspecified atom stereocenters. The molecular weight excluding hydrogens is 396 g/mol. The van der Waals surface area contributed by atoms with E-state index in [2.05, 4.69) is 15.9 Å². The van der Waals surface area contributed by atoms with Crippen LogP contribution in [0.4, 0.5) is 0 Å². The van der Waals surface area contributed by atoms with E-state index < -0.39 is 0 Å². The Morgan fingerprint density at radius 3 is 2.00 bits per heavy atom. The van der Waals surface area contributed by atoms with Crippen LogP contribution in [0.5, 0.6) is 5.75 Å². The number of hydrogen-bond acceptors (Lipinski definition) is 4. The van der Waals surface area contributed by atoms with Crippen molar-refractivity contribution >= 4 is 27.9 Å². The molecule has 0 spiro atoms. The number of benzene rings is 2. The molecule has 0 fully saturated rings. The van der Waals surface area contributed by atoms with Crippen molar-refractivity contribution in [2.45, 2.75) is 32.1 Å². The molecule has 0 saturated heterocycles. The number of halogens is 1. The zero-order valence-electron chi connectivity index (χ0n) is 14.9. The molecule has 2 aromatic carbocycles. The second-order valence-electron chi connectivity index (χ2n) is 5.92. The van der Waals surface area contributed by atoms with Crippen LogP contribution in [-0.2, 0) is 9.53 Å². The minimum Gasteiger partial charge on any atom is -0.465 e. The zero-order chi connectivity index (χ0) is 18.8. The SMILES string of the molecule is COC(=O)c1ccc(-c2ccc(OC(=O)CCCCCCBr)cc2)cc1. The smallest absolute Gasteiger partial charge is 0.337 e. The molecule has 2 rings (SSSR count). The van der Waals surface area contributed by atoms with Crippen molar-refractivity contribution in [3.63, 3.8) is 0 Å². The van der Waals surface area contributed by atoms with Crippen LogP contribution < -0.4 is 4.74 Å². The summed E-state index contributed by atoms with van der Waals surface area (Å²) in [6.45, 7) is 0. The predicted octanol–water partition coefficient (Wildman–Crippen LogP) is 5.39. The Labute approximate surface area is 162 Å². The molecule has 0 heterocycles. The molecule has 0 bridgehead atoms. The van der Waals surface area contributed by atoms with Gasteiger partial charge in [0.15, 0.2) is 0 Å². The van der Waals surface area contributed by atoms with Crippen LogP contribution in [0.3, 0.4) is 0 Å². The van der Waals surface area contributed by atoms with Crippen LogP contribution in [0.2, 0.25) is 0 Å². The van der Waals surface area contributed by atoms with Crippen molar-refractivity contribution in [1.82, 2.24) is 0 Å². The van der Waals surface area contributed by atoms with Crippen molar-refractivity contribution in [1.29, 1.82) is 0 Å². The summed E-state index contributed by atoms with van der Waals surface area (Å²) in [6.07, 6.45) is 4.61. The molecule has 2 aromatic rings. The van der Waals surface area contributed by atoms with Crippen LogP contribution in [-0.4, -0.2) is 24.4 Å². The number of hydrogen-bond donors (Lipinski definition) is 0. The molecule has 0 N–H and O–H groups in total. The summed E-state index contributed by atoms with van der Waals surface area (Å²) in [6, 6.07) is 14.5. The molecule has 0 amide bonds. The van der Waals surface area contributed by atoms with Gasteiger partial charge in [0.25, 0.3) is 0 Å². The van der Waals surface area contributed by atoms with Gasteiger partial charge in [0.2, 0.25) is 0 Å². The Kier molecular flexibility index (Phi) is 8.35. The first-order valence-corrected chi connectivity index (χ1v) is 9.81. The van der Waals surface area contributed by atoms with E-state index in [4.69, 9.17) is 9.47 Å². The van der Waals surface area contributed by atoms with Gasteiger partial charge in [-0.25, -0.2) is 4.79 Å². The lowest BCUT2D eigenvalue weighted by Gasteiger charge is -2.07. The first kappa shape index (κ1) is 20.2. The van der Waals surface area contributed by atoms with Crippen molar-refractivity contribution in [2.75, 3.05) is 12.4 Å². The molecule has 0 aromatic heterocycles. The average molecular weight is 419 g/mol. The predicted molar refractivity (Wildman–Crippen MR) is 106 cm³/mol. The van der Waals surface area contributed by atoms with Crippen LogP contribution in [0.1, 0.15) is 42.5 Å². The van der Waals surface area contributed by atoms with E-state index in [0.717, 1.165) is 42.1 Å². The quantitative estimate of drug-likeness (QED) is 0.237. The summed E-state index contributed by atoms with van der Waals surface area (Å²) in [4.78, 5) is 23.3. The fourth-order valence-corrected chi connectivity index (χ4v) is 2.93. The third-order valence-electron chi connectivity index (χ3n) is 3.99. The largest absolute Gasteiger partial charge is 0.465 e. The van der Waals surface area contributed by atoms with Crippen LogP contribution in [0.25, 0.3) is 11.1 Å². The number of alkyl halides is 1. The second-order valence-corrected chi connectivity index (χ2v) is 6.71. The topological polar surface area (TPSA) is 52.6 Å². The summed E-state index contributed by atoms with van der Waals surface area (Å²) in [5.41, 5.74) is 2.47. The normalized spacial score (nSPS) is 10.4. The highest BCUT2D eigenvalue weighted by molar-refractivity contribution is 9.09. The van der Waals surface area contributed by atoms with Gasteiger partial charge in [0, 0.05) is 11.8 Å². The molecular formula is C21H23BrO4. The lowest BCUT2D eigenvalue weighted by Crippen LogP contribution is -2.07. The molecule has 0 aliphatic heterocycles. The highest BCUT2D eigenvalue weighted by Gasteiger charge is 2.07. The van der Waals surface area contributed by atoms with Gasteiger partial charge in [-0.15, -0.1) is 0 Å². The fraction of sp³-hybridized carbons (Fsp3) is 0.333. The van der Waals surface area contributed by atoms with Gasteiger partial charge in [-0.05, 0) is 48.2 Å². The Bertz CT molecular complexity index is 708. The van der Waals surface area contributed by atoms with Crippen LogP contribution in [0, 0.1) is 0 Å². The number of carbonyl (C=O) groups excluding carboxylic acids is 2. The molecule has 0 radical (unpaired) electrons. The maximum Gasteiger partial charge on any atom is 0.337 e. The number of carbonyl (C=O) groups is 2. The molecule has 26 heavy (non-hydrogen) atoms. The Hall–Kier alpha value is -2.14. The fourth-order valence-electron chi connectivity index (χ4n) is 2.53. The summed E-state index contributed by atoms with van der Waals surface area (Å²) in [5.74, 6) is -0.00424. The Balaban J connectivity index is 1.87. The average Bonchev–Trinajstić information content (AvgIpc) is 2.68. The summed E-state index contributed by atoms with van der Waals surface area (Å²) >= 11 is 3.40. The molecule has 5 heteroatoms. The maximum absolute atomic E-state index is 11.9. The summed E-state index contributed by atoms with van der Waals surface area (Å²) in [7, 11) is 1.36. The molecule has 4 nitrogen and oxygen atoms in total. The number of rotatable bonds is 9. The van der Waals surface area contributed by atoms with Crippen molar-refractivity contribution in [3.05, 3.63) is 54.1 Å². The van der Waals surface area contributed by atoms with Gasteiger partial charge in [-0.3, -0.25) is 4.79 Å². The number of esters is 2. The zero-order valence-corrected chi connectivity index (χ0v) is 16.5. The number of methoxy groups -OCH3 is 1. The maximum atomic E-state index is 11.9. The van der Waals surface area contributed by atoms with Gasteiger partial charge in [0.1, 0.15) is 5.75 Å². The summed E-state index contributed by atoms with van der Waals surface area (Å²) < 4.78 is 10.1. The highest BCUT2D eigenvalue weighted by Crippen LogP contribution is 2.23. The van der Waals surface area contributed by atoms with E-state index in [9.17, 15) is 9.59 Å². The van der Waals surface area contributed by atoms with E-state index in [1.54, 1.807) is 24.3 Å². The first-order valence-electron chi connectivity index (χ1n) is 8.69. The minimum atomic E-state index is -0.356. The Morgan fingerprint density at radius 1 is 0.846 bits per heavy atom. The van der Waals surface area contributed by atoms with Crippen molar-refractivity contribution < 1.29 is 19.1 Å². The molecule has 0 atom stereocenters. The Morgan fingerprint density at radius 2 is 1.42 bits per heavy atom. The van der Waals surface area contributed by atoms with Gasteiger partial charge in [-0.1, -0.05) is 53.0 Å². The first-order chi connectivity index (χ1) is 12.6. The number of ether oxygens (including phenoxy) is 2. The van der Waals surface area contributed by atoms with Gasteiger partial charge in [0.05, 0.1) is 12.7 Å². The van der Waals surface area contributed by atoms with E-state index >= 15 is 0 Å². The molecule has 138 valence electrons. The van der Waals surface area contributed by atoms with Crippen molar-refractivity contribution in [2.24, 2.45) is 0 Å². The minimum absolute atomic E-state index is 0.195. The van der Waals surface area contributed by atoms with Gasteiger partial charge in [-0.2, -0.15) is 0 Å². The molecule has 0 aliphatic carbocycles. The van der Waals surface area contributed by atoms with Gasteiger partial charge >= 0.3 is 11.9 Å². The standard InChI is InChI=1S/C21H23BrO4/c1-25-21(24)18-9-7-16(8-10-18)17-11-13-19(14-12-17)26-20(23)6-4-2-3-5-15-22/h7-14H,2-6,15H2,1H3. The van der Waals surface area contributed by atoms with Crippen LogP contribution >= 0.6 is 15.9 Å². The molecule has 0 aliphatic rings. The van der Waals surface area contributed by atoms with Crippen molar-refractivity contribution in [3.8, 4) is 16.9 Å².